The molecule has 1 aliphatic rings. The molecule has 0 unspecified atom stereocenters. The van der Waals surface area contributed by atoms with Crippen LogP contribution in [-0.4, -0.2) is 10.1 Å². The lowest BCUT2D eigenvalue weighted by Crippen LogP contribution is -1.97. The summed E-state index contributed by atoms with van der Waals surface area (Å²) >= 11 is 1.71. The molecule has 1 aliphatic carbocycles. The number of hydrogen-bond acceptors (Lipinski definition) is 4. The molecular weight excluding hydrogens is 270 g/mol. The molecule has 3 rings (SSSR count). The van der Waals surface area contributed by atoms with Crippen LogP contribution in [0.4, 0.5) is 0 Å². The Balaban J connectivity index is 1.63. The van der Waals surface area contributed by atoms with E-state index < -0.39 is 0 Å². The van der Waals surface area contributed by atoms with Gasteiger partial charge in [-0.1, -0.05) is 13.0 Å². The number of thiazole rings is 1. The van der Waals surface area contributed by atoms with Crippen molar-refractivity contribution < 1.29 is 9.84 Å². The van der Waals surface area contributed by atoms with E-state index in [-0.39, 0.29) is 6.10 Å². The van der Waals surface area contributed by atoms with E-state index in [4.69, 9.17) is 4.74 Å². The molecule has 106 valence electrons. The number of hydrogen-bond donors (Lipinski definition) is 1. The predicted molar refractivity (Wildman–Crippen MR) is 80.2 cm³/mol. The van der Waals surface area contributed by atoms with Crippen molar-refractivity contribution >= 4 is 11.3 Å². The zero-order chi connectivity index (χ0) is 13.9. The van der Waals surface area contributed by atoms with Crippen LogP contribution in [0.3, 0.4) is 0 Å². The molecule has 1 atom stereocenters. The molecule has 1 aromatic heterocycles. The van der Waals surface area contributed by atoms with E-state index in [0.29, 0.717) is 6.61 Å². The maximum absolute atomic E-state index is 9.78. The number of fused-ring (bicyclic) bond motifs is 1. The number of aliphatic hydroxyl groups is 1. The maximum atomic E-state index is 9.78. The van der Waals surface area contributed by atoms with Gasteiger partial charge in [0.15, 0.2) is 0 Å². The molecule has 1 aromatic carbocycles. The van der Waals surface area contributed by atoms with E-state index in [9.17, 15) is 5.11 Å². The first kappa shape index (κ1) is 13.6. The molecule has 0 saturated heterocycles. The third-order valence-corrected chi connectivity index (χ3v) is 4.57. The number of aromatic nitrogens is 1. The van der Waals surface area contributed by atoms with E-state index in [0.717, 1.165) is 42.7 Å². The van der Waals surface area contributed by atoms with Crippen LogP contribution >= 0.6 is 11.3 Å². The topological polar surface area (TPSA) is 42.4 Å². The Hall–Kier alpha value is -1.39. The Kier molecular flexibility index (Phi) is 4.03. The van der Waals surface area contributed by atoms with E-state index in [1.165, 1.54) is 10.6 Å². The van der Waals surface area contributed by atoms with Gasteiger partial charge in [-0.2, -0.15) is 0 Å². The molecule has 1 heterocycles. The Morgan fingerprint density at radius 2 is 2.35 bits per heavy atom. The first-order valence-corrected chi connectivity index (χ1v) is 8.01. The number of nitrogens with zero attached hydrogens (tertiary/aromatic N) is 1. The van der Waals surface area contributed by atoms with Crippen molar-refractivity contribution in [3.05, 3.63) is 45.4 Å². The van der Waals surface area contributed by atoms with E-state index in [2.05, 4.69) is 17.3 Å². The summed E-state index contributed by atoms with van der Waals surface area (Å²) in [5.41, 5.74) is 3.26. The van der Waals surface area contributed by atoms with Crippen LogP contribution in [0, 0.1) is 0 Å². The van der Waals surface area contributed by atoms with Gasteiger partial charge < -0.3 is 9.84 Å². The zero-order valence-electron chi connectivity index (χ0n) is 11.6. The summed E-state index contributed by atoms with van der Waals surface area (Å²) in [5.74, 6) is 0.864. The van der Waals surface area contributed by atoms with Crippen molar-refractivity contribution in [2.45, 2.75) is 45.3 Å². The summed E-state index contributed by atoms with van der Waals surface area (Å²) in [6.45, 7) is 2.68. The molecule has 0 spiro atoms. The standard InChI is InChI=1S/C16H19NO2S/c1-2-3-16-17-12(10-20-16)9-19-13-5-6-14-11(8-13)4-7-15(14)18/h5-6,8,10,15,18H,2-4,7,9H2,1H3/t15-/m0/s1. The van der Waals surface area contributed by atoms with E-state index in [1.807, 2.05) is 18.2 Å². The molecule has 3 nitrogen and oxygen atoms in total. The van der Waals surface area contributed by atoms with Gasteiger partial charge >= 0.3 is 0 Å². The molecule has 2 aromatic rings. The second-order valence-electron chi connectivity index (χ2n) is 5.19. The van der Waals surface area contributed by atoms with Crippen LogP contribution in [0.5, 0.6) is 5.75 Å². The van der Waals surface area contributed by atoms with E-state index in [1.54, 1.807) is 11.3 Å². The smallest absolute Gasteiger partial charge is 0.131 e. The predicted octanol–water partition coefficient (Wildman–Crippen LogP) is 3.65. The molecule has 0 saturated carbocycles. The van der Waals surface area contributed by atoms with Crippen molar-refractivity contribution in [1.29, 1.82) is 0 Å². The van der Waals surface area contributed by atoms with Crippen molar-refractivity contribution in [3.63, 3.8) is 0 Å². The van der Waals surface area contributed by atoms with Crippen LogP contribution in [-0.2, 0) is 19.4 Å². The highest BCUT2D eigenvalue weighted by Crippen LogP contribution is 2.33. The third kappa shape index (κ3) is 2.86. The maximum Gasteiger partial charge on any atom is 0.131 e. The van der Waals surface area contributed by atoms with Gasteiger partial charge in [0.05, 0.1) is 16.8 Å². The lowest BCUT2D eigenvalue weighted by Gasteiger charge is -2.08. The minimum atomic E-state index is -0.297. The minimum Gasteiger partial charge on any atom is -0.487 e. The van der Waals surface area contributed by atoms with Crippen LogP contribution in [0.25, 0.3) is 0 Å². The minimum absolute atomic E-state index is 0.297. The molecule has 0 aliphatic heterocycles. The lowest BCUT2D eigenvalue weighted by atomic mass is 10.1. The zero-order valence-corrected chi connectivity index (χ0v) is 12.4. The number of aliphatic hydroxyl groups excluding tert-OH is 1. The van der Waals surface area contributed by atoms with Gasteiger partial charge in [0.1, 0.15) is 12.4 Å². The van der Waals surface area contributed by atoms with E-state index >= 15 is 0 Å². The van der Waals surface area contributed by atoms with Crippen LogP contribution < -0.4 is 4.74 Å². The average molecular weight is 289 g/mol. The second kappa shape index (κ2) is 5.94. The van der Waals surface area contributed by atoms with Crippen LogP contribution in [0.2, 0.25) is 0 Å². The summed E-state index contributed by atoms with van der Waals surface area (Å²) in [7, 11) is 0. The van der Waals surface area contributed by atoms with Crippen molar-refractivity contribution in [2.24, 2.45) is 0 Å². The first-order valence-electron chi connectivity index (χ1n) is 7.13. The molecule has 1 N–H and O–H groups in total. The number of aryl methyl sites for hydroxylation is 2. The fourth-order valence-corrected chi connectivity index (χ4v) is 3.45. The highest BCUT2D eigenvalue weighted by Gasteiger charge is 2.20. The molecule has 20 heavy (non-hydrogen) atoms. The van der Waals surface area contributed by atoms with Gasteiger partial charge in [0.2, 0.25) is 0 Å². The van der Waals surface area contributed by atoms with Gasteiger partial charge in [0.25, 0.3) is 0 Å². The first-order chi connectivity index (χ1) is 9.76. The van der Waals surface area contributed by atoms with Crippen molar-refractivity contribution in [1.82, 2.24) is 4.98 Å². The number of rotatable bonds is 5. The summed E-state index contributed by atoms with van der Waals surface area (Å²) in [6.07, 6.45) is 3.63. The van der Waals surface area contributed by atoms with Crippen LogP contribution in [0.1, 0.15) is 47.7 Å². The Morgan fingerprint density at radius 1 is 1.45 bits per heavy atom. The molecular formula is C16H19NO2S. The monoisotopic (exact) mass is 289 g/mol. The van der Waals surface area contributed by atoms with Crippen molar-refractivity contribution in [2.75, 3.05) is 0 Å². The SMILES string of the molecule is CCCc1nc(COc2ccc3c(c2)CC[C@@H]3O)cs1. The van der Waals surface area contributed by atoms with Crippen LogP contribution in [0.15, 0.2) is 23.6 Å². The van der Waals surface area contributed by atoms with Gasteiger partial charge in [-0.15, -0.1) is 11.3 Å². The molecule has 0 bridgehead atoms. The summed E-state index contributed by atoms with van der Waals surface area (Å²) in [5, 5.41) is 13.0. The van der Waals surface area contributed by atoms with Gasteiger partial charge in [-0.25, -0.2) is 4.98 Å². The molecule has 0 amide bonds. The fraction of sp³-hybridized carbons (Fsp3) is 0.438. The quantitative estimate of drug-likeness (QED) is 0.913. The van der Waals surface area contributed by atoms with Crippen molar-refractivity contribution in [3.8, 4) is 5.75 Å². The Labute approximate surface area is 123 Å². The molecule has 0 fully saturated rings. The summed E-state index contributed by atoms with van der Waals surface area (Å²) in [6, 6.07) is 5.96. The number of benzene rings is 1. The third-order valence-electron chi connectivity index (χ3n) is 3.61. The molecule has 4 heteroatoms. The van der Waals surface area contributed by atoms with Gasteiger partial charge in [-0.3, -0.25) is 0 Å². The number of ether oxygens (including phenoxy) is 1. The highest BCUT2D eigenvalue weighted by molar-refractivity contribution is 7.09. The fourth-order valence-electron chi connectivity index (χ4n) is 2.56. The second-order valence-corrected chi connectivity index (χ2v) is 6.13. The lowest BCUT2D eigenvalue weighted by molar-refractivity contribution is 0.180. The largest absolute Gasteiger partial charge is 0.487 e. The summed E-state index contributed by atoms with van der Waals surface area (Å²) in [4.78, 5) is 4.55. The Bertz CT molecular complexity index is 594. The highest BCUT2D eigenvalue weighted by atomic mass is 32.1. The Morgan fingerprint density at radius 3 is 3.20 bits per heavy atom. The van der Waals surface area contributed by atoms with Gasteiger partial charge in [0, 0.05) is 5.38 Å². The molecule has 0 radical (unpaired) electrons. The van der Waals surface area contributed by atoms with Gasteiger partial charge in [-0.05, 0) is 48.9 Å². The summed E-state index contributed by atoms with van der Waals surface area (Å²) < 4.78 is 5.81. The normalized spacial score (nSPS) is 17.2. The average Bonchev–Trinajstić information content (AvgIpc) is 3.04.